The molecule has 1 saturated heterocycles. The molecule has 1 aliphatic heterocycles. The molecule has 110 valence electrons. The number of rotatable bonds is 5. The van der Waals surface area contributed by atoms with E-state index in [1.807, 2.05) is 0 Å². The maximum Gasteiger partial charge on any atom is 0.317 e. The van der Waals surface area contributed by atoms with Gasteiger partial charge in [0.05, 0.1) is 31.9 Å². The van der Waals surface area contributed by atoms with Crippen LogP contribution in [0.1, 0.15) is 6.42 Å². The average molecular weight is 283 g/mol. The van der Waals surface area contributed by atoms with Gasteiger partial charge in [0, 0.05) is 25.8 Å². The lowest BCUT2D eigenvalue weighted by atomic mass is 10.2. The van der Waals surface area contributed by atoms with E-state index in [-0.39, 0.29) is 12.5 Å². The third-order valence-electron chi connectivity index (χ3n) is 2.92. The van der Waals surface area contributed by atoms with Crippen LogP contribution in [0.3, 0.4) is 0 Å². The number of aliphatic carboxylic acids is 1. The fraction of sp³-hybridized carbons (Fsp3) is 0.636. The van der Waals surface area contributed by atoms with Gasteiger partial charge in [0.15, 0.2) is 0 Å². The minimum atomic E-state index is -0.927. The number of ether oxygens (including phenoxy) is 1. The fourth-order valence-electron chi connectivity index (χ4n) is 1.96. The molecule has 1 aromatic rings. The summed E-state index contributed by atoms with van der Waals surface area (Å²) >= 11 is 0. The summed E-state index contributed by atoms with van der Waals surface area (Å²) in [5.74, 6) is -0.927. The van der Waals surface area contributed by atoms with Crippen molar-refractivity contribution in [2.75, 3.05) is 26.2 Å². The van der Waals surface area contributed by atoms with Crippen molar-refractivity contribution in [3.8, 4) is 0 Å². The van der Waals surface area contributed by atoms with E-state index in [2.05, 4.69) is 15.6 Å². The maximum absolute atomic E-state index is 11.9. The number of nitrogens with one attached hydrogen (secondary N) is 1. The van der Waals surface area contributed by atoms with Crippen molar-refractivity contribution in [2.24, 2.45) is 0 Å². The molecule has 0 aliphatic carbocycles. The summed E-state index contributed by atoms with van der Waals surface area (Å²) in [5, 5.41) is 18.9. The Bertz CT molecular complexity index is 450. The molecule has 1 atom stereocenters. The fourth-order valence-corrected chi connectivity index (χ4v) is 1.96. The number of aromatic nitrogens is 3. The Morgan fingerprint density at radius 3 is 3.05 bits per heavy atom. The van der Waals surface area contributed by atoms with Gasteiger partial charge in [-0.05, 0) is 0 Å². The molecule has 1 unspecified atom stereocenters. The first-order chi connectivity index (χ1) is 9.65. The number of carbonyl (C=O) groups excluding carboxylic acids is 1. The molecule has 0 spiro atoms. The van der Waals surface area contributed by atoms with Crippen molar-refractivity contribution in [1.29, 1.82) is 0 Å². The highest BCUT2D eigenvalue weighted by molar-refractivity contribution is 5.74. The van der Waals surface area contributed by atoms with Crippen LogP contribution in [0.25, 0.3) is 0 Å². The topological polar surface area (TPSA) is 110 Å². The van der Waals surface area contributed by atoms with Gasteiger partial charge in [0.2, 0.25) is 0 Å². The molecule has 0 bridgehead atoms. The van der Waals surface area contributed by atoms with Crippen LogP contribution in [-0.4, -0.2) is 69.3 Å². The van der Waals surface area contributed by atoms with E-state index in [0.717, 1.165) is 0 Å². The second-order valence-corrected chi connectivity index (χ2v) is 4.43. The summed E-state index contributed by atoms with van der Waals surface area (Å²) in [4.78, 5) is 24.1. The summed E-state index contributed by atoms with van der Waals surface area (Å²) in [6.07, 6.45) is 2.75. The quantitative estimate of drug-likeness (QED) is 0.729. The molecule has 2 N–H and O–H groups in total. The molecule has 2 rings (SSSR count). The molecule has 1 aliphatic rings. The monoisotopic (exact) mass is 283 g/mol. The second kappa shape index (κ2) is 6.85. The zero-order valence-corrected chi connectivity index (χ0v) is 10.9. The largest absolute Gasteiger partial charge is 0.481 e. The Balaban J connectivity index is 1.72. The van der Waals surface area contributed by atoms with Gasteiger partial charge in [-0.15, -0.1) is 5.10 Å². The van der Waals surface area contributed by atoms with Crippen molar-refractivity contribution < 1.29 is 19.4 Å². The summed E-state index contributed by atoms with van der Waals surface area (Å²) in [6, 6.07) is -0.219. The SMILES string of the molecule is O=C(O)CC1CN(C(=O)NCCn2ccnn2)CCO1. The zero-order valence-electron chi connectivity index (χ0n) is 10.9. The smallest absolute Gasteiger partial charge is 0.317 e. The van der Waals surface area contributed by atoms with Crippen LogP contribution in [0.4, 0.5) is 4.79 Å². The van der Waals surface area contributed by atoms with Crippen molar-refractivity contribution in [3.05, 3.63) is 12.4 Å². The zero-order chi connectivity index (χ0) is 14.4. The first-order valence-electron chi connectivity index (χ1n) is 6.35. The lowest BCUT2D eigenvalue weighted by Crippen LogP contribution is -2.50. The third-order valence-corrected chi connectivity index (χ3v) is 2.92. The molecular formula is C11H17N5O4. The van der Waals surface area contributed by atoms with E-state index in [4.69, 9.17) is 9.84 Å². The van der Waals surface area contributed by atoms with E-state index in [1.165, 1.54) is 0 Å². The van der Waals surface area contributed by atoms with Crippen molar-refractivity contribution >= 4 is 12.0 Å². The van der Waals surface area contributed by atoms with E-state index in [9.17, 15) is 9.59 Å². The van der Waals surface area contributed by atoms with E-state index >= 15 is 0 Å². The molecular weight excluding hydrogens is 266 g/mol. The molecule has 9 nitrogen and oxygen atoms in total. The number of morpholine rings is 1. The number of urea groups is 1. The second-order valence-electron chi connectivity index (χ2n) is 4.43. The number of carbonyl (C=O) groups is 2. The van der Waals surface area contributed by atoms with E-state index < -0.39 is 12.1 Å². The van der Waals surface area contributed by atoms with Crippen LogP contribution in [-0.2, 0) is 16.1 Å². The minimum Gasteiger partial charge on any atom is -0.481 e. The molecule has 20 heavy (non-hydrogen) atoms. The standard InChI is InChI=1S/C11H17N5O4/c17-10(18)7-9-8-15(5-6-20-9)11(19)12-1-3-16-4-2-13-14-16/h2,4,9H,1,3,5-8H2,(H,12,19)(H,17,18). The van der Waals surface area contributed by atoms with Gasteiger partial charge < -0.3 is 20.1 Å². The van der Waals surface area contributed by atoms with Crippen LogP contribution in [0.2, 0.25) is 0 Å². The van der Waals surface area contributed by atoms with Gasteiger partial charge in [-0.25, -0.2) is 4.79 Å². The average Bonchev–Trinajstić information content (AvgIpc) is 2.91. The van der Waals surface area contributed by atoms with Crippen LogP contribution in [0, 0.1) is 0 Å². The van der Waals surface area contributed by atoms with Crippen LogP contribution in [0.5, 0.6) is 0 Å². The predicted molar refractivity (Wildman–Crippen MR) is 67.0 cm³/mol. The van der Waals surface area contributed by atoms with Gasteiger partial charge in [-0.2, -0.15) is 0 Å². The van der Waals surface area contributed by atoms with Gasteiger partial charge in [-0.1, -0.05) is 5.21 Å². The molecule has 2 amide bonds. The molecule has 9 heteroatoms. The summed E-state index contributed by atoms with van der Waals surface area (Å²) in [5.41, 5.74) is 0. The molecule has 0 aromatic carbocycles. The first kappa shape index (κ1) is 14.3. The molecule has 2 heterocycles. The van der Waals surface area contributed by atoms with Gasteiger partial charge in [0.1, 0.15) is 0 Å². The maximum atomic E-state index is 11.9. The first-order valence-corrected chi connectivity index (χ1v) is 6.35. The van der Waals surface area contributed by atoms with Gasteiger partial charge in [0.25, 0.3) is 0 Å². The third kappa shape index (κ3) is 4.19. The van der Waals surface area contributed by atoms with Crippen molar-refractivity contribution in [1.82, 2.24) is 25.2 Å². The lowest BCUT2D eigenvalue weighted by Gasteiger charge is -2.32. The highest BCUT2D eigenvalue weighted by Gasteiger charge is 2.25. The van der Waals surface area contributed by atoms with Crippen molar-refractivity contribution in [3.63, 3.8) is 0 Å². The predicted octanol–water partition coefficient (Wildman–Crippen LogP) is -0.837. The molecule has 0 saturated carbocycles. The van der Waals surface area contributed by atoms with Crippen LogP contribution < -0.4 is 5.32 Å². The summed E-state index contributed by atoms with van der Waals surface area (Å²) in [6.45, 7) is 2.08. The van der Waals surface area contributed by atoms with Crippen LogP contribution >= 0.6 is 0 Å². The van der Waals surface area contributed by atoms with E-state index in [0.29, 0.717) is 32.8 Å². The van der Waals surface area contributed by atoms with Crippen molar-refractivity contribution in [2.45, 2.75) is 19.1 Å². The normalized spacial score (nSPS) is 18.8. The Morgan fingerprint density at radius 2 is 2.35 bits per heavy atom. The van der Waals surface area contributed by atoms with Gasteiger partial charge >= 0.3 is 12.0 Å². The Hall–Kier alpha value is -2.16. The number of carboxylic acids is 1. The Morgan fingerprint density at radius 1 is 1.50 bits per heavy atom. The highest BCUT2D eigenvalue weighted by atomic mass is 16.5. The number of amides is 2. The Kier molecular flexibility index (Phi) is 4.88. The number of hydrogen-bond acceptors (Lipinski definition) is 5. The minimum absolute atomic E-state index is 0.0945. The van der Waals surface area contributed by atoms with Crippen LogP contribution in [0.15, 0.2) is 12.4 Å². The lowest BCUT2D eigenvalue weighted by molar-refractivity contribution is -0.141. The molecule has 0 radical (unpaired) electrons. The van der Waals surface area contributed by atoms with E-state index in [1.54, 1.807) is 22.0 Å². The number of carboxylic acid groups (broad SMARTS) is 1. The van der Waals surface area contributed by atoms with Gasteiger partial charge in [-0.3, -0.25) is 9.48 Å². The number of hydrogen-bond donors (Lipinski definition) is 2. The summed E-state index contributed by atoms with van der Waals surface area (Å²) < 4.78 is 6.93. The summed E-state index contributed by atoms with van der Waals surface area (Å²) in [7, 11) is 0. The molecule has 1 aromatic heterocycles. The Labute approximate surface area is 115 Å². The molecule has 1 fully saturated rings. The highest BCUT2D eigenvalue weighted by Crippen LogP contribution is 2.08. The number of nitrogens with zero attached hydrogens (tertiary/aromatic N) is 4.